The molecule has 0 saturated heterocycles. The number of aliphatic carboxylic acids is 1. The molecule has 0 saturated carbocycles. The van der Waals surface area contributed by atoms with E-state index in [0.717, 1.165) is 0 Å². The molecule has 0 aromatic heterocycles. The van der Waals surface area contributed by atoms with E-state index in [1.54, 1.807) is 6.92 Å². The second-order valence-corrected chi connectivity index (χ2v) is 1.99. The normalized spacial score (nSPS) is 12.2. The largest absolute Gasteiger partial charge is 0.480 e. The molecule has 0 fully saturated rings. The summed E-state index contributed by atoms with van der Waals surface area (Å²) in [5, 5.41) is 24.2. The predicted octanol–water partition coefficient (Wildman–Crippen LogP) is -0.566. The van der Waals surface area contributed by atoms with E-state index in [1.807, 2.05) is 0 Å². The lowest BCUT2D eigenvalue weighted by molar-refractivity contribution is -0.154. The lowest BCUT2D eigenvalue weighted by Crippen LogP contribution is -2.45. The molecule has 0 aliphatic heterocycles. The van der Waals surface area contributed by atoms with Crippen LogP contribution in [0.3, 0.4) is 0 Å². The number of hydrogen-bond acceptors (Lipinski definition) is 3. The molecule has 11 heavy (non-hydrogen) atoms. The maximum absolute atomic E-state index is 10.3. The molecule has 0 spiro atoms. The smallest absolute Gasteiger partial charge is 0.329 e. The van der Waals surface area contributed by atoms with E-state index >= 15 is 0 Å². The molecule has 6 heteroatoms. The zero-order valence-electron chi connectivity index (χ0n) is 6.11. The molecular weight excluding hydrogens is 150 g/mol. The second-order valence-electron chi connectivity index (χ2n) is 1.99. The van der Waals surface area contributed by atoms with Crippen molar-refractivity contribution in [2.24, 2.45) is 5.73 Å². The highest BCUT2D eigenvalue weighted by Crippen LogP contribution is 1.99. The summed E-state index contributed by atoms with van der Waals surface area (Å²) in [6.07, 6.45) is 0.186. The van der Waals surface area contributed by atoms with Crippen molar-refractivity contribution in [3.05, 3.63) is 0 Å². The summed E-state index contributed by atoms with van der Waals surface area (Å²) < 4.78 is 0. The molecule has 0 radical (unpaired) electrons. The molecule has 1 atom stereocenters. The van der Waals surface area contributed by atoms with Crippen molar-refractivity contribution in [3.63, 3.8) is 0 Å². The summed E-state index contributed by atoms with van der Waals surface area (Å²) in [6.45, 7) is 1.57. The van der Waals surface area contributed by atoms with E-state index in [9.17, 15) is 4.79 Å². The Morgan fingerprint density at radius 3 is 2.36 bits per heavy atom. The molecule has 0 aromatic carbocycles. The van der Waals surface area contributed by atoms with Gasteiger partial charge in [0.1, 0.15) is 0 Å². The summed E-state index contributed by atoms with van der Waals surface area (Å²) in [7, 11) is 0. The molecule has 64 valence electrons. The Kier molecular flexibility index (Phi) is 3.32. The zero-order chi connectivity index (χ0) is 9.02. The third-order valence-electron chi connectivity index (χ3n) is 1.21. The minimum atomic E-state index is -1.20. The van der Waals surface area contributed by atoms with Gasteiger partial charge in [0.05, 0.1) is 0 Å². The van der Waals surface area contributed by atoms with Gasteiger partial charge in [-0.1, -0.05) is 6.92 Å². The van der Waals surface area contributed by atoms with Gasteiger partial charge in [0.2, 0.25) is 5.96 Å². The van der Waals surface area contributed by atoms with Crippen molar-refractivity contribution in [2.45, 2.75) is 19.4 Å². The highest BCUT2D eigenvalue weighted by Gasteiger charge is 2.23. The Hall–Kier alpha value is -1.30. The predicted molar refractivity (Wildman–Crippen MR) is 37.3 cm³/mol. The molecule has 0 amide bonds. The van der Waals surface area contributed by atoms with Gasteiger partial charge >= 0.3 is 5.97 Å². The molecule has 0 heterocycles. The molecule has 0 aromatic rings. The number of hydrogen-bond donors (Lipinski definition) is 4. The Morgan fingerprint density at radius 2 is 2.27 bits per heavy atom. The van der Waals surface area contributed by atoms with E-state index in [4.69, 9.17) is 21.5 Å². The van der Waals surface area contributed by atoms with Gasteiger partial charge in [-0.25, -0.2) is 9.86 Å². The highest BCUT2D eigenvalue weighted by molar-refractivity contribution is 5.81. The van der Waals surface area contributed by atoms with E-state index in [-0.39, 0.29) is 11.5 Å². The van der Waals surface area contributed by atoms with Crippen molar-refractivity contribution < 1.29 is 15.1 Å². The molecule has 1 unspecified atom stereocenters. The average Bonchev–Trinajstić information content (AvgIpc) is 1.88. The first-order chi connectivity index (χ1) is 5.00. The first kappa shape index (κ1) is 9.70. The lowest BCUT2D eigenvalue weighted by Gasteiger charge is -2.20. The third kappa shape index (κ3) is 2.42. The quantitative estimate of drug-likeness (QED) is 0.252. The third-order valence-corrected chi connectivity index (χ3v) is 1.21. The van der Waals surface area contributed by atoms with Gasteiger partial charge in [0.15, 0.2) is 6.04 Å². The molecule has 5 N–H and O–H groups in total. The minimum absolute atomic E-state index is 0.186. The van der Waals surface area contributed by atoms with E-state index in [0.29, 0.717) is 0 Å². The van der Waals surface area contributed by atoms with Crippen LogP contribution in [0.15, 0.2) is 0 Å². The molecule has 0 rings (SSSR count). The standard InChI is InChI=1S/C5H11N3O3/c1-2-3(4(9)10)8(11)5(6)7/h3,11H,2H2,1H3,(H3,6,7)(H,9,10). The van der Waals surface area contributed by atoms with Crippen molar-refractivity contribution >= 4 is 11.9 Å². The first-order valence-electron chi connectivity index (χ1n) is 3.05. The zero-order valence-corrected chi connectivity index (χ0v) is 6.11. The Morgan fingerprint density at radius 1 is 1.82 bits per heavy atom. The van der Waals surface area contributed by atoms with Crippen LogP contribution in [0.2, 0.25) is 0 Å². The van der Waals surface area contributed by atoms with Crippen LogP contribution in [-0.2, 0) is 4.79 Å². The number of carboxylic acid groups (broad SMARTS) is 1. The summed E-state index contributed by atoms with van der Waals surface area (Å²) in [4.78, 5) is 10.3. The number of carbonyl (C=O) groups is 1. The fraction of sp³-hybridized carbons (Fsp3) is 0.600. The van der Waals surface area contributed by atoms with Crippen molar-refractivity contribution in [1.29, 1.82) is 5.41 Å². The van der Waals surface area contributed by atoms with E-state index in [1.165, 1.54) is 0 Å². The van der Waals surface area contributed by atoms with Gasteiger partial charge in [0, 0.05) is 0 Å². The van der Waals surface area contributed by atoms with Crippen molar-refractivity contribution in [1.82, 2.24) is 5.06 Å². The number of hydroxylamine groups is 2. The maximum atomic E-state index is 10.3. The summed E-state index contributed by atoms with van der Waals surface area (Å²) >= 11 is 0. The number of carboxylic acids is 1. The van der Waals surface area contributed by atoms with Gasteiger partial charge in [-0.15, -0.1) is 0 Å². The SMILES string of the molecule is CCC(C(=O)O)N(O)C(=N)N. The van der Waals surface area contributed by atoms with Crippen LogP contribution < -0.4 is 5.73 Å². The Balaban J connectivity index is 4.25. The van der Waals surface area contributed by atoms with Gasteiger partial charge < -0.3 is 10.8 Å². The van der Waals surface area contributed by atoms with Crippen LogP contribution in [0.25, 0.3) is 0 Å². The van der Waals surface area contributed by atoms with Crippen molar-refractivity contribution in [3.8, 4) is 0 Å². The van der Waals surface area contributed by atoms with Gasteiger partial charge in [0.25, 0.3) is 0 Å². The maximum Gasteiger partial charge on any atom is 0.329 e. The molecule has 0 aliphatic rings. The number of nitrogens with zero attached hydrogens (tertiary/aromatic N) is 1. The van der Waals surface area contributed by atoms with Gasteiger partial charge in [-0.2, -0.15) is 0 Å². The number of guanidine groups is 1. The van der Waals surface area contributed by atoms with Gasteiger partial charge in [-0.3, -0.25) is 10.6 Å². The molecule has 6 nitrogen and oxygen atoms in total. The van der Waals surface area contributed by atoms with Crippen LogP contribution in [-0.4, -0.2) is 33.3 Å². The second kappa shape index (κ2) is 3.77. The highest BCUT2D eigenvalue weighted by atomic mass is 16.5. The topological polar surface area (TPSA) is 111 Å². The summed E-state index contributed by atoms with van der Waals surface area (Å²) in [5.41, 5.74) is 4.85. The lowest BCUT2D eigenvalue weighted by atomic mass is 10.2. The minimum Gasteiger partial charge on any atom is -0.480 e. The number of nitrogens with one attached hydrogen (secondary N) is 1. The molecular formula is C5H11N3O3. The fourth-order valence-corrected chi connectivity index (χ4v) is 0.620. The Labute approximate surface area is 63.7 Å². The molecule has 0 aliphatic carbocycles. The fourth-order valence-electron chi connectivity index (χ4n) is 0.620. The average molecular weight is 161 g/mol. The Bertz CT molecular complexity index is 170. The monoisotopic (exact) mass is 161 g/mol. The van der Waals surface area contributed by atoms with Gasteiger partial charge in [-0.05, 0) is 6.42 Å². The summed E-state index contributed by atoms with van der Waals surface area (Å²) in [5.74, 6) is -1.87. The van der Waals surface area contributed by atoms with E-state index < -0.39 is 18.0 Å². The first-order valence-corrected chi connectivity index (χ1v) is 3.05. The van der Waals surface area contributed by atoms with Crippen molar-refractivity contribution in [2.75, 3.05) is 0 Å². The molecule has 0 bridgehead atoms. The van der Waals surface area contributed by atoms with Crippen LogP contribution >= 0.6 is 0 Å². The van der Waals surface area contributed by atoms with Crippen LogP contribution in [0.1, 0.15) is 13.3 Å². The number of rotatable bonds is 3. The van der Waals surface area contributed by atoms with Crippen LogP contribution in [0.5, 0.6) is 0 Å². The number of nitrogens with two attached hydrogens (primary N) is 1. The van der Waals surface area contributed by atoms with E-state index in [2.05, 4.69) is 0 Å². The van der Waals surface area contributed by atoms with Crippen LogP contribution in [0, 0.1) is 5.41 Å². The summed E-state index contributed by atoms with van der Waals surface area (Å²) in [6, 6.07) is -1.13. The van der Waals surface area contributed by atoms with Crippen LogP contribution in [0.4, 0.5) is 0 Å².